The Hall–Kier alpha value is -3.80. The number of rotatable bonds is 5. The number of ketones is 1. The monoisotopic (exact) mass is 423 g/mol. The van der Waals surface area contributed by atoms with Crippen molar-refractivity contribution >= 4 is 28.2 Å². The van der Waals surface area contributed by atoms with Crippen molar-refractivity contribution in [3.05, 3.63) is 89.7 Å². The zero-order valence-corrected chi connectivity index (χ0v) is 18.1. The molecule has 4 aromatic rings. The molecule has 0 saturated carbocycles. The fraction of sp³-hybridized carbons (Fsp3) is 0.231. The lowest BCUT2D eigenvalue weighted by molar-refractivity contribution is 0.101. The average molecular weight is 424 g/mol. The zero-order valence-electron chi connectivity index (χ0n) is 18.1. The summed E-state index contributed by atoms with van der Waals surface area (Å²) in [5.41, 5.74) is 2.88. The van der Waals surface area contributed by atoms with Gasteiger partial charge in [0.2, 0.25) is 0 Å². The first-order chi connectivity index (χ1) is 15.7. The van der Waals surface area contributed by atoms with E-state index >= 15 is 0 Å². The quantitative estimate of drug-likeness (QED) is 0.450. The molecular formula is C26H25N5O. The highest BCUT2D eigenvalue weighted by Crippen LogP contribution is 2.28. The van der Waals surface area contributed by atoms with E-state index in [1.807, 2.05) is 18.2 Å². The maximum atomic E-state index is 11.5. The molecule has 0 aliphatic carbocycles. The van der Waals surface area contributed by atoms with Crippen LogP contribution in [-0.2, 0) is 6.42 Å². The van der Waals surface area contributed by atoms with Gasteiger partial charge in [-0.05, 0) is 24.6 Å². The molecule has 160 valence electrons. The second-order valence-electron chi connectivity index (χ2n) is 8.11. The van der Waals surface area contributed by atoms with Crippen LogP contribution in [0, 0.1) is 0 Å². The molecule has 5 rings (SSSR count). The minimum Gasteiger partial charge on any atom is -0.353 e. The van der Waals surface area contributed by atoms with E-state index in [-0.39, 0.29) is 5.78 Å². The molecule has 1 aliphatic heterocycles. The largest absolute Gasteiger partial charge is 0.353 e. The van der Waals surface area contributed by atoms with Crippen molar-refractivity contribution in [1.82, 2.24) is 15.2 Å². The van der Waals surface area contributed by atoms with Crippen LogP contribution < -0.4 is 9.80 Å². The van der Waals surface area contributed by atoms with E-state index in [0.29, 0.717) is 5.56 Å². The number of aromatic nitrogens is 3. The molecule has 32 heavy (non-hydrogen) atoms. The number of pyridine rings is 1. The first-order valence-corrected chi connectivity index (χ1v) is 10.9. The summed E-state index contributed by atoms with van der Waals surface area (Å²) >= 11 is 0. The van der Waals surface area contributed by atoms with Gasteiger partial charge >= 0.3 is 0 Å². The van der Waals surface area contributed by atoms with Gasteiger partial charge in [-0.1, -0.05) is 54.6 Å². The molecule has 2 aromatic heterocycles. The summed E-state index contributed by atoms with van der Waals surface area (Å²) in [7, 11) is 0. The Labute approximate surface area is 187 Å². The summed E-state index contributed by atoms with van der Waals surface area (Å²) in [5.74, 6) is 1.88. The number of hydrogen-bond donors (Lipinski definition) is 0. The van der Waals surface area contributed by atoms with Gasteiger partial charge in [0, 0.05) is 55.1 Å². The van der Waals surface area contributed by atoms with Crippen LogP contribution in [0.2, 0.25) is 0 Å². The maximum Gasteiger partial charge on any atom is 0.161 e. The SMILES string of the molecule is CC(=O)c1ccc(N2CCN(c3nnc(Cc4ccccc4)c4ccccc34)CC2)nc1. The summed E-state index contributed by atoms with van der Waals surface area (Å²) in [6.07, 6.45) is 2.43. The summed E-state index contributed by atoms with van der Waals surface area (Å²) in [4.78, 5) is 20.5. The van der Waals surface area contributed by atoms with Gasteiger partial charge in [0.1, 0.15) is 5.82 Å². The number of hydrogen-bond acceptors (Lipinski definition) is 6. The van der Waals surface area contributed by atoms with Crippen molar-refractivity contribution in [2.24, 2.45) is 0 Å². The Morgan fingerprint density at radius 3 is 2.19 bits per heavy atom. The highest BCUT2D eigenvalue weighted by Gasteiger charge is 2.22. The van der Waals surface area contributed by atoms with Crippen molar-refractivity contribution in [3.8, 4) is 0 Å². The van der Waals surface area contributed by atoms with Crippen molar-refractivity contribution in [2.45, 2.75) is 13.3 Å². The number of carbonyl (C=O) groups is 1. The second kappa shape index (κ2) is 8.75. The Kier molecular flexibility index (Phi) is 5.50. The minimum absolute atomic E-state index is 0.0371. The van der Waals surface area contributed by atoms with E-state index in [2.05, 4.69) is 73.5 Å². The molecule has 6 heteroatoms. The summed E-state index contributed by atoms with van der Waals surface area (Å²) in [6.45, 7) is 4.92. The number of nitrogens with zero attached hydrogens (tertiary/aromatic N) is 5. The van der Waals surface area contributed by atoms with Crippen LogP contribution in [0.5, 0.6) is 0 Å². The van der Waals surface area contributed by atoms with Crippen molar-refractivity contribution in [1.29, 1.82) is 0 Å². The van der Waals surface area contributed by atoms with Gasteiger partial charge in [-0.3, -0.25) is 4.79 Å². The van der Waals surface area contributed by atoms with Crippen LogP contribution in [0.4, 0.5) is 11.6 Å². The molecular weight excluding hydrogens is 398 g/mol. The lowest BCUT2D eigenvalue weighted by Gasteiger charge is -2.36. The molecule has 1 aliphatic rings. The van der Waals surface area contributed by atoms with Crippen LogP contribution in [0.15, 0.2) is 72.9 Å². The number of anilines is 2. The molecule has 1 saturated heterocycles. The molecule has 0 atom stereocenters. The van der Waals surface area contributed by atoms with E-state index in [9.17, 15) is 4.79 Å². The van der Waals surface area contributed by atoms with E-state index < -0.39 is 0 Å². The van der Waals surface area contributed by atoms with Crippen LogP contribution in [-0.4, -0.2) is 47.1 Å². The Balaban J connectivity index is 1.35. The number of Topliss-reactive ketones (excluding diaryl/α,β-unsaturated/α-hetero) is 1. The van der Waals surface area contributed by atoms with Crippen LogP contribution >= 0.6 is 0 Å². The molecule has 0 amide bonds. The molecule has 6 nitrogen and oxygen atoms in total. The lowest BCUT2D eigenvalue weighted by Crippen LogP contribution is -2.47. The Morgan fingerprint density at radius 1 is 0.812 bits per heavy atom. The summed E-state index contributed by atoms with van der Waals surface area (Å²) in [6, 6.07) is 22.6. The number of benzene rings is 2. The van der Waals surface area contributed by atoms with Crippen molar-refractivity contribution in [3.63, 3.8) is 0 Å². The molecule has 0 radical (unpaired) electrons. The number of piperazine rings is 1. The third-order valence-corrected chi connectivity index (χ3v) is 6.02. The molecule has 0 bridgehead atoms. The third kappa shape index (κ3) is 4.04. The van der Waals surface area contributed by atoms with Crippen LogP contribution in [0.3, 0.4) is 0 Å². The van der Waals surface area contributed by atoms with E-state index in [0.717, 1.165) is 60.7 Å². The van der Waals surface area contributed by atoms with Gasteiger partial charge in [-0.2, -0.15) is 5.10 Å². The molecule has 0 N–H and O–H groups in total. The summed E-state index contributed by atoms with van der Waals surface area (Å²) in [5, 5.41) is 11.6. The Bertz CT molecular complexity index is 1230. The van der Waals surface area contributed by atoms with Gasteiger partial charge < -0.3 is 9.80 Å². The van der Waals surface area contributed by atoms with Gasteiger partial charge in [-0.25, -0.2) is 4.98 Å². The first kappa shape index (κ1) is 20.1. The molecule has 3 heterocycles. The van der Waals surface area contributed by atoms with E-state index in [4.69, 9.17) is 0 Å². The van der Waals surface area contributed by atoms with E-state index in [1.54, 1.807) is 13.1 Å². The standard InChI is InChI=1S/C26H25N5O/c1-19(32)21-11-12-25(27-18-21)30-13-15-31(16-14-30)26-23-10-6-5-9-22(23)24(28-29-26)17-20-7-3-2-4-8-20/h2-12,18H,13-17H2,1H3. The van der Waals surface area contributed by atoms with Crippen LogP contribution in [0.25, 0.3) is 10.8 Å². The van der Waals surface area contributed by atoms with Crippen LogP contribution in [0.1, 0.15) is 28.5 Å². The third-order valence-electron chi connectivity index (χ3n) is 6.02. The summed E-state index contributed by atoms with van der Waals surface area (Å²) < 4.78 is 0. The van der Waals surface area contributed by atoms with Crippen molar-refractivity contribution in [2.75, 3.05) is 36.0 Å². The predicted molar refractivity (Wildman–Crippen MR) is 127 cm³/mol. The topological polar surface area (TPSA) is 62.2 Å². The molecule has 0 unspecified atom stereocenters. The molecule has 1 fully saturated rings. The normalized spacial score (nSPS) is 14.0. The van der Waals surface area contributed by atoms with E-state index in [1.165, 1.54) is 5.56 Å². The van der Waals surface area contributed by atoms with Gasteiger partial charge in [-0.15, -0.1) is 5.10 Å². The van der Waals surface area contributed by atoms with Crippen molar-refractivity contribution < 1.29 is 4.79 Å². The fourth-order valence-corrected chi connectivity index (χ4v) is 4.23. The second-order valence-corrected chi connectivity index (χ2v) is 8.11. The molecule has 2 aromatic carbocycles. The molecule has 0 spiro atoms. The predicted octanol–water partition coefficient (Wildman–Crippen LogP) is 4.14. The van der Waals surface area contributed by atoms with Gasteiger partial charge in [0.25, 0.3) is 0 Å². The first-order valence-electron chi connectivity index (χ1n) is 10.9. The zero-order chi connectivity index (χ0) is 21.9. The highest BCUT2D eigenvalue weighted by molar-refractivity contribution is 5.94. The Morgan fingerprint density at radius 2 is 1.50 bits per heavy atom. The van der Waals surface area contributed by atoms with Gasteiger partial charge in [0.15, 0.2) is 11.6 Å². The fourth-order valence-electron chi connectivity index (χ4n) is 4.23. The minimum atomic E-state index is 0.0371. The van der Waals surface area contributed by atoms with Gasteiger partial charge in [0.05, 0.1) is 5.69 Å². The average Bonchev–Trinajstić information content (AvgIpc) is 2.85. The number of carbonyl (C=O) groups excluding carboxylic acids is 1. The number of fused-ring (bicyclic) bond motifs is 1. The highest BCUT2D eigenvalue weighted by atomic mass is 16.1. The maximum absolute atomic E-state index is 11.5. The lowest BCUT2D eigenvalue weighted by atomic mass is 10.0. The smallest absolute Gasteiger partial charge is 0.161 e.